The van der Waals surface area contributed by atoms with Crippen LogP contribution in [-0.2, 0) is 0 Å². The van der Waals surface area contributed by atoms with Crippen molar-refractivity contribution in [2.45, 2.75) is 6.92 Å². The molecule has 0 atom stereocenters. The summed E-state index contributed by atoms with van der Waals surface area (Å²) < 4.78 is 5.86. The second-order valence-corrected chi connectivity index (χ2v) is 4.33. The third-order valence-electron chi connectivity index (χ3n) is 2.98. The van der Waals surface area contributed by atoms with Gasteiger partial charge < -0.3 is 4.42 Å². The lowest BCUT2D eigenvalue weighted by Crippen LogP contribution is -1.78. The molecular formula is C17H14O. The van der Waals surface area contributed by atoms with Crippen molar-refractivity contribution in [2.75, 3.05) is 0 Å². The molecule has 88 valence electrons. The molecule has 0 spiro atoms. The number of aryl methyl sites for hydroxylation is 1. The Hall–Kier alpha value is -2.28. The minimum atomic E-state index is 0.938. The van der Waals surface area contributed by atoms with E-state index < -0.39 is 0 Å². The highest BCUT2D eigenvalue weighted by molar-refractivity contribution is 5.80. The van der Waals surface area contributed by atoms with Gasteiger partial charge in [-0.3, -0.25) is 0 Å². The zero-order valence-corrected chi connectivity index (χ0v) is 10.3. The van der Waals surface area contributed by atoms with Gasteiger partial charge in [-0.15, -0.1) is 0 Å². The summed E-state index contributed by atoms with van der Waals surface area (Å²) in [5.41, 5.74) is 3.46. The van der Waals surface area contributed by atoms with Gasteiger partial charge in [0, 0.05) is 11.1 Å². The Balaban J connectivity index is 2.17. The van der Waals surface area contributed by atoms with E-state index in [4.69, 9.17) is 4.42 Å². The molecule has 0 unspecified atom stereocenters. The van der Waals surface area contributed by atoms with Crippen molar-refractivity contribution in [3.8, 4) is 22.5 Å². The van der Waals surface area contributed by atoms with Gasteiger partial charge in [0.25, 0.3) is 0 Å². The van der Waals surface area contributed by atoms with Gasteiger partial charge in [-0.05, 0) is 18.6 Å². The number of hydrogen-bond acceptors (Lipinski definition) is 1. The van der Waals surface area contributed by atoms with Crippen molar-refractivity contribution >= 4 is 0 Å². The Morgan fingerprint density at radius 3 is 1.89 bits per heavy atom. The lowest BCUT2D eigenvalue weighted by molar-refractivity contribution is 0.549. The second-order valence-electron chi connectivity index (χ2n) is 4.33. The lowest BCUT2D eigenvalue weighted by atomic mass is 10.0. The molecule has 0 amide bonds. The van der Waals surface area contributed by atoms with Crippen LogP contribution in [0, 0.1) is 6.92 Å². The zero-order chi connectivity index (χ0) is 12.4. The van der Waals surface area contributed by atoms with Crippen LogP contribution in [0.1, 0.15) is 5.76 Å². The maximum absolute atomic E-state index is 5.86. The van der Waals surface area contributed by atoms with Crippen molar-refractivity contribution in [2.24, 2.45) is 0 Å². The van der Waals surface area contributed by atoms with Crippen LogP contribution in [0.4, 0.5) is 0 Å². The summed E-state index contributed by atoms with van der Waals surface area (Å²) in [6.07, 6.45) is 0. The molecule has 3 rings (SSSR count). The first-order chi connectivity index (χ1) is 8.84. The maximum atomic E-state index is 5.86. The molecule has 1 heterocycles. The highest BCUT2D eigenvalue weighted by atomic mass is 16.3. The molecule has 3 aromatic rings. The Kier molecular flexibility index (Phi) is 2.73. The van der Waals surface area contributed by atoms with Crippen LogP contribution in [0.5, 0.6) is 0 Å². The molecule has 0 bridgehead atoms. The highest BCUT2D eigenvalue weighted by Gasteiger charge is 2.12. The van der Waals surface area contributed by atoms with E-state index in [0.717, 1.165) is 22.6 Å². The molecule has 0 aliphatic heterocycles. The third kappa shape index (κ3) is 1.95. The van der Waals surface area contributed by atoms with Gasteiger partial charge in [0.1, 0.15) is 11.5 Å². The van der Waals surface area contributed by atoms with Gasteiger partial charge in [-0.2, -0.15) is 0 Å². The van der Waals surface area contributed by atoms with Crippen molar-refractivity contribution < 1.29 is 4.42 Å². The van der Waals surface area contributed by atoms with Crippen molar-refractivity contribution in [1.29, 1.82) is 0 Å². The Morgan fingerprint density at radius 1 is 0.722 bits per heavy atom. The van der Waals surface area contributed by atoms with Gasteiger partial charge in [-0.25, -0.2) is 0 Å². The van der Waals surface area contributed by atoms with Gasteiger partial charge >= 0.3 is 0 Å². The van der Waals surface area contributed by atoms with E-state index in [2.05, 4.69) is 30.3 Å². The lowest BCUT2D eigenvalue weighted by Gasteiger charge is -2.02. The fourth-order valence-corrected chi connectivity index (χ4v) is 2.15. The van der Waals surface area contributed by atoms with Crippen LogP contribution >= 0.6 is 0 Å². The zero-order valence-electron chi connectivity index (χ0n) is 10.3. The van der Waals surface area contributed by atoms with Gasteiger partial charge in [-0.1, -0.05) is 60.7 Å². The van der Waals surface area contributed by atoms with E-state index in [0.29, 0.717) is 0 Å². The molecule has 0 fully saturated rings. The topological polar surface area (TPSA) is 13.1 Å². The van der Waals surface area contributed by atoms with E-state index in [1.54, 1.807) is 0 Å². The first kappa shape index (κ1) is 10.8. The smallest absolute Gasteiger partial charge is 0.142 e. The van der Waals surface area contributed by atoms with E-state index in [-0.39, 0.29) is 0 Å². The van der Waals surface area contributed by atoms with Gasteiger partial charge in [0.2, 0.25) is 0 Å². The summed E-state index contributed by atoms with van der Waals surface area (Å²) in [6, 6.07) is 22.7. The number of hydrogen-bond donors (Lipinski definition) is 0. The predicted molar refractivity (Wildman–Crippen MR) is 74.3 cm³/mol. The van der Waals surface area contributed by atoms with Crippen LogP contribution in [0.25, 0.3) is 22.5 Å². The normalized spacial score (nSPS) is 10.5. The molecule has 18 heavy (non-hydrogen) atoms. The molecule has 1 aromatic heterocycles. The fourth-order valence-electron chi connectivity index (χ4n) is 2.15. The quantitative estimate of drug-likeness (QED) is 0.613. The molecule has 0 saturated carbocycles. The van der Waals surface area contributed by atoms with Crippen LogP contribution in [0.3, 0.4) is 0 Å². The van der Waals surface area contributed by atoms with Crippen LogP contribution in [-0.4, -0.2) is 0 Å². The SMILES string of the molecule is Cc1cc(-c2ccccc2)c(-c2ccccc2)o1. The fraction of sp³-hybridized carbons (Fsp3) is 0.0588. The summed E-state index contributed by atoms with van der Waals surface area (Å²) in [4.78, 5) is 0. The van der Waals surface area contributed by atoms with Crippen LogP contribution in [0.2, 0.25) is 0 Å². The Morgan fingerprint density at radius 2 is 1.28 bits per heavy atom. The van der Waals surface area contributed by atoms with Crippen LogP contribution in [0.15, 0.2) is 71.1 Å². The van der Waals surface area contributed by atoms with Crippen molar-refractivity contribution in [1.82, 2.24) is 0 Å². The molecule has 0 aliphatic carbocycles. The van der Waals surface area contributed by atoms with Crippen molar-refractivity contribution in [3.05, 3.63) is 72.5 Å². The first-order valence-electron chi connectivity index (χ1n) is 6.06. The minimum Gasteiger partial charge on any atom is -0.461 e. The molecule has 0 aliphatic rings. The number of furan rings is 1. The van der Waals surface area contributed by atoms with Gasteiger partial charge in [0.05, 0.1) is 0 Å². The van der Waals surface area contributed by atoms with E-state index in [1.807, 2.05) is 43.3 Å². The standard InChI is InChI=1S/C17H14O/c1-13-12-16(14-8-4-2-5-9-14)17(18-13)15-10-6-3-7-11-15/h2-12H,1H3. The van der Waals surface area contributed by atoms with Crippen LogP contribution < -0.4 is 0 Å². The molecule has 0 saturated heterocycles. The van der Waals surface area contributed by atoms with E-state index in [1.165, 1.54) is 5.56 Å². The summed E-state index contributed by atoms with van der Waals surface area (Å²) in [6.45, 7) is 1.98. The highest BCUT2D eigenvalue weighted by Crippen LogP contribution is 2.34. The Bertz CT molecular complexity index is 579. The predicted octanol–water partition coefficient (Wildman–Crippen LogP) is 4.92. The summed E-state index contributed by atoms with van der Waals surface area (Å²) in [5, 5.41) is 0. The van der Waals surface area contributed by atoms with Crippen molar-refractivity contribution in [3.63, 3.8) is 0 Å². The number of benzene rings is 2. The third-order valence-corrected chi connectivity index (χ3v) is 2.98. The summed E-state index contributed by atoms with van der Waals surface area (Å²) in [7, 11) is 0. The second kappa shape index (κ2) is 4.53. The first-order valence-corrected chi connectivity index (χ1v) is 6.06. The molecule has 0 N–H and O–H groups in total. The molecule has 1 heteroatoms. The van der Waals surface area contributed by atoms with E-state index in [9.17, 15) is 0 Å². The average molecular weight is 234 g/mol. The monoisotopic (exact) mass is 234 g/mol. The summed E-state index contributed by atoms with van der Waals surface area (Å²) in [5.74, 6) is 1.88. The largest absolute Gasteiger partial charge is 0.461 e. The number of rotatable bonds is 2. The molecule has 1 nitrogen and oxygen atoms in total. The molecule has 2 aromatic carbocycles. The Labute approximate surface area is 107 Å². The molecular weight excluding hydrogens is 220 g/mol. The molecule has 0 radical (unpaired) electrons. The summed E-state index contributed by atoms with van der Waals surface area (Å²) >= 11 is 0. The van der Waals surface area contributed by atoms with E-state index >= 15 is 0 Å². The average Bonchev–Trinajstić information content (AvgIpc) is 2.83. The minimum absolute atomic E-state index is 0.938. The maximum Gasteiger partial charge on any atom is 0.142 e. The van der Waals surface area contributed by atoms with Gasteiger partial charge in [0.15, 0.2) is 0 Å².